The number of hydrogen-bond acceptors (Lipinski definition) is 4. The molecule has 4 nitrogen and oxygen atoms in total. The van der Waals surface area contributed by atoms with E-state index >= 15 is 0 Å². The molecule has 1 unspecified atom stereocenters. The van der Waals surface area contributed by atoms with Crippen molar-refractivity contribution in [2.75, 3.05) is 13.2 Å². The SMILES string of the molecule is C=CCCCCCCCCCC(=O)OCC(O)CO. The van der Waals surface area contributed by atoms with Crippen molar-refractivity contribution in [3.63, 3.8) is 0 Å². The summed E-state index contributed by atoms with van der Waals surface area (Å²) in [6.07, 6.45) is 10.5. The van der Waals surface area contributed by atoms with Gasteiger partial charge in [0.2, 0.25) is 0 Å². The third kappa shape index (κ3) is 13.4. The van der Waals surface area contributed by atoms with Crippen LogP contribution in [0.25, 0.3) is 0 Å². The van der Waals surface area contributed by atoms with Gasteiger partial charge in [-0.25, -0.2) is 0 Å². The first-order valence-corrected chi connectivity index (χ1v) is 7.26. The van der Waals surface area contributed by atoms with Gasteiger partial charge in [-0.1, -0.05) is 38.2 Å². The first-order valence-electron chi connectivity index (χ1n) is 7.26. The number of carbonyl (C=O) groups excluding carboxylic acids is 1. The fourth-order valence-electron chi connectivity index (χ4n) is 1.76. The second-order valence-corrected chi connectivity index (χ2v) is 4.82. The highest BCUT2D eigenvalue weighted by molar-refractivity contribution is 5.69. The van der Waals surface area contributed by atoms with Crippen molar-refractivity contribution in [3.05, 3.63) is 12.7 Å². The summed E-state index contributed by atoms with van der Waals surface area (Å²) in [6, 6.07) is 0. The number of allylic oxidation sites excluding steroid dienone is 1. The maximum Gasteiger partial charge on any atom is 0.305 e. The van der Waals surface area contributed by atoms with Crippen molar-refractivity contribution in [1.82, 2.24) is 0 Å². The smallest absolute Gasteiger partial charge is 0.305 e. The molecule has 0 heterocycles. The lowest BCUT2D eigenvalue weighted by Crippen LogP contribution is -2.21. The second kappa shape index (κ2) is 13.6. The third-order valence-corrected chi connectivity index (χ3v) is 2.94. The van der Waals surface area contributed by atoms with Gasteiger partial charge in [-0.05, 0) is 19.3 Å². The molecule has 2 N–H and O–H groups in total. The second-order valence-electron chi connectivity index (χ2n) is 4.82. The van der Waals surface area contributed by atoms with Crippen LogP contribution in [0.5, 0.6) is 0 Å². The Hall–Kier alpha value is -0.870. The molecule has 0 aliphatic carbocycles. The lowest BCUT2D eigenvalue weighted by Gasteiger charge is -2.08. The Kier molecular flexibility index (Phi) is 12.9. The third-order valence-electron chi connectivity index (χ3n) is 2.94. The average molecular weight is 272 g/mol. The van der Waals surface area contributed by atoms with Crippen LogP contribution in [0.15, 0.2) is 12.7 Å². The predicted octanol–water partition coefficient (Wildman–Crippen LogP) is 2.58. The fourth-order valence-corrected chi connectivity index (χ4v) is 1.76. The van der Waals surface area contributed by atoms with E-state index in [2.05, 4.69) is 6.58 Å². The summed E-state index contributed by atoms with van der Waals surface area (Å²) in [4.78, 5) is 11.2. The molecule has 1 atom stereocenters. The number of aliphatic hydroxyl groups excluding tert-OH is 2. The Labute approximate surface area is 116 Å². The van der Waals surface area contributed by atoms with Gasteiger partial charge >= 0.3 is 5.97 Å². The summed E-state index contributed by atoms with van der Waals surface area (Å²) in [5.41, 5.74) is 0. The highest BCUT2D eigenvalue weighted by atomic mass is 16.5. The highest BCUT2D eigenvalue weighted by Gasteiger charge is 2.07. The van der Waals surface area contributed by atoms with Crippen LogP contribution < -0.4 is 0 Å². The van der Waals surface area contributed by atoms with Crippen LogP contribution >= 0.6 is 0 Å². The molecule has 0 amide bonds. The molecule has 4 heteroatoms. The predicted molar refractivity (Wildman–Crippen MR) is 75.8 cm³/mol. The number of hydrogen-bond donors (Lipinski definition) is 2. The van der Waals surface area contributed by atoms with E-state index < -0.39 is 6.10 Å². The van der Waals surface area contributed by atoms with E-state index in [0.29, 0.717) is 6.42 Å². The number of unbranched alkanes of at least 4 members (excludes halogenated alkanes) is 7. The lowest BCUT2D eigenvalue weighted by atomic mass is 10.1. The molecular weight excluding hydrogens is 244 g/mol. The van der Waals surface area contributed by atoms with Crippen molar-refractivity contribution in [1.29, 1.82) is 0 Å². The minimum Gasteiger partial charge on any atom is -0.463 e. The first-order chi connectivity index (χ1) is 9.20. The zero-order valence-electron chi connectivity index (χ0n) is 11.9. The standard InChI is InChI=1S/C15H28O4/c1-2-3-4-5-6-7-8-9-10-11-15(18)19-13-14(17)12-16/h2,14,16-17H,1,3-13H2. The Bertz CT molecular complexity index is 228. The molecule has 0 spiro atoms. The molecule has 19 heavy (non-hydrogen) atoms. The Morgan fingerprint density at radius 3 is 2.26 bits per heavy atom. The summed E-state index contributed by atoms with van der Waals surface area (Å²) < 4.78 is 4.81. The van der Waals surface area contributed by atoms with Gasteiger partial charge in [-0.3, -0.25) is 4.79 Å². The Morgan fingerprint density at radius 2 is 1.68 bits per heavy atom. The normalized spacial score (nSPS) is 12.1. The molecule has 0 saturated carbocycles. The zero-order chi connectivity index (χ0) is 14.3. The van der Waals surface area contributed by atoms with Gasteiger partial charge in [0, 0.05) is 6.42 Å². The molecule has 0 aromatic rings. The summed E-state index contributed by atoms with van der Waals surface area (Å²) in [6.45, 7) is 3.21. The summed E-state index contributed by atoms with van der Waals surface area (Å²) in [7, 11) is 0. The van der Waals surface area contributed by atoms with Gasteiger partial charge in [0.1, 0.15) is 12.7 Å². The molecule has 112 valence electrons. The molecular formula is C15H28O4. The molecule has 0 bridgehead atoms. The molecule has 0 saturated heterocycles. The molecule has 0 aliphatic rings. The number of esters is 1. The van der Waals surface area contributed by atoms with Gasteiger partial charge in [0.15, 0.2) is 0 Å². The largest absolute Gasteiger partial charge is 0.463 e. The molecule has 0 aromatic heterocycles. The van der Waals surface area contributed by atoms with E-state index in [1.807, 2.05) is 6.08 Å². The molecule has 0 aliphatic heterocycles. The van der Waals surface area contributed by atoms with Crippen LogP contribution in [0.4, 0.5) is 0 Å². The topological polar surface area (TPSA) is 66.8 Å². The number of aliphatic hydroxyl groups is 2. The van der Waals surface area contributed by atoms with E-state index in [4.69, 9.17) is 14.9 Å². The van der Waals surface area contributed by atoms with Crippen molar-refractivity contribution in [2.45, 2.75) is 63.9 Å². The fraction of sp³-hybridized carbons (Fsp3) is 0.800. The van der Waals surface area contributed by atoms with Crippen LogP contribution in [-0.4, -0.2) is 35.5 Å². The van der Waals surface area contributed by atoms with E-state index in [1.165, 1.54) is 25.7 Å². The van der Waals surface area contributed by atoms with Crippen LogP contribution in [-0.2, 0) is 9.53 Å². The van der Waals surface area contributed by atoms with Crippen molar-refractivity contribution in [2.24, 2.45) is 0 Å². The van der Waals surface area contributed by atoms with Gasteiger partial charge in [-0.15, -0.1) is 6.58 Å². The van der Waals surface area contributed by atoms with E-state index in [0.717, 1.165) is 25.7 Å². The van der Waals surface area contributed by atoms with Gasteiger partial charge in [0.25, 0.3) is 0 Å². The minimum atomic E-state index is -0.959. The van der Waals surface area contributed by atoms with Crippen LogP contribution in [0.2, 0.25) is 0 Å². The number of ether oxygens (including phenoxy) is 1. The van der Waals surface area contributed by atoms with Gasteiger partial charge < -0.3 is 14.9 Å². The van der Waals surface area contributed by atoms with Crippen molar-refractivity contribution >= 4 is 5.97 Å². The lowest BCUT2D eigenvalue weighted by molar-refractivity contribution is -0.147. The summed E-state index contributed by atoms with van der Waals surface area (Å²) in [5, 5.41) is 17.6. The van der Waals surface area contributed by atoms with Crippen molar-refractivity contribution < 1.29 is 19.7 Å². The average Bonchev–Trinajstić information content (AvgIpc) is 2.42. The molecule has 0 fully saturated rings. The zero-order valence-corrected chi connectivity index (χ0v) is 11.9. The van der Waals surface area contributed by atoms with Crippen LogP contribution in [0.1, 0.15) is 57.8 Å². The maximum atomic E-state index is 11.2. The van der Waals surface area contributed by atoms with E-state index in [-0.39, 0.29) is 19.2 Å². The van der Waals surface area contributed by atoms with Gasteiger partial charge in [-0.2, -0.15) is 0 Å². The van der Waals surface area contributed by atoms with Crippen molar-refractivity contribution in [3.8, 4) is 0 Å². The van der Waals surface area contributed by atoms with Crippen LogP contribution in [0, 0.1) is 0 Å². The summed E-state index contributed by atoms with van der Waals surface area (Å²) in [5.74, 6) is -0.293. The minimum absolute atomic E-state index is 0.112. The van der Waals surface area contributed by atoms with E-state index in [9.17, 15) is 4.79 Å². The Morgan fingerprint density at radius 1 is 1.11 bits per heavy atom. The summed E-state index contributed by atoms with van der Waals surface area (Å²) >= 11 is 0. The van der Waals surface area contributed by atoms with E-state index in [1.54, 1.807) is 0 Å². The monoisotopic (exact) mass is 272 g/mol. The molecule has 0 radical (unpaired) electrons. The number of carbonyl (C=O) groups is 1. The maximum absolute atomic E-state index is 11.2. The van der Waals surface area contributed by atoms with Crippen LogP contribution in [0.3, 0.4) is 0 Å². The highest BCUT2D eigenvalue weighted by Crippen LogP contribution is 2.10. The quantitative estimate of drug-likeness (QED) is 0.307. The van der Waals surface area contributed by atoms with Gasteiger partial charge in [0.05, 0.1) is 6.61 Å². The molecule has 0 aromatic carbocycles. The molecule has 0 rings (SSSR count). The number of rotatable bonds is 13. The Balaban J connectivity index is 3.20. The first kappa shape index (κ1) is 18.1.